The van der Waals surface area contributed by atoms with Crippen LogP contribution in [0.15, 0.2) is 89.0 Å². The molecule has 13 rings (SSSR count). The lowest BCUT2D eigenvalue weighted by Crippen LogP contribution is -2.81. The molecule has 3 aliphatic heterocycles. The number of allylic oxidation sites excluding steroid dienone is 6. The molecule has 2 aromatic carbocycles. The number of dihydropyridines is 1. The smallest absolute Gasteiger partial charge is 0.229 e. The lowest BCUT2D eigenvalue weighted by Gasteiger charge is -2.65. The predicted molar refractivity (Wildman–Crippen MR) is 245 cm³/mol. The van der Waals surface area contributed by atoms with Gasteiger partial charge < -0.3 is 55.5 Å². The van der Waals surface area contributed by atoms with Crippen molar-refractivity contribution < 1.29 is 54.5 Å². The topological polar surface area (TPSA) is 215 Å². The maximum Gasteiger partial charge on any atom is 0.229 e. The number of rotatable bonds is 5. The summed E-state index contributed by atoms with van der Waals surface area (Å²) in [6.45, 7) is -0.265. The number of Topliss-reactive ketones (excluding diaryl/α,β-unsaturated/α-hetero) is 2. The highest BCUT2D eigenvalue weighted by Gasteiger charge is 2.78. The molecule has 348 valence electrons. The number of aliphatic hydroxyl groups excluding tert-OH is 5. The van der Waals surface area contributed by atoms with Crippen molar-refractivity contribution in [2.24, 2.45) is 51.8 Å². The molecule has 14 atom stereocenters. The fourth-order valence-electron chi connectivity index (χ4n) is 15.7. The third kappa shape index (κ3) is 5.74. The predicted octanol–water partition coefficient (Wildman–Crippen LogP) is 4.83. The normalized spacial score (nSPS) is 42.9. The molecule has 15 heteroatoms. The highest BCUT2D eigenvalue weighted by atomic mass is 33.1. The lowest BCUT2D eigenvalue weighted by atomic mass is 9.46. The van der Waals surface area contributed by atoms with E-state index in [0.29, 0.717) is 37.3 Å². The Hall–Kier alpha value is -3.93. The van der Waals surface area contributed by atoms with Gasteiger partial charge in [0.15, 0.2) is 11.6 Å². The largest absolute Gasteiger partial charge is 0.511 e. The van der Waals surface area contributed by atoms with Crippen LogP contribution in [0.2, 0.25) is 0 Å². The van der Waals surface area contributed by atoms with Crippen molar-refractivity contribution in [2.45, 2.75) is 94.1 Å². The van der Waals surface area contributed by atoms with E-state index in [4.69, 9.17) is 9.47 Å². The summed E-state index contributed by atoms with van der Waals surface area (Å²) in [7, 11) is 2.83. The lowest BCUT2D eigenvalue weighted by molar-refractivity contribution is -0.392. The van der Waals surface area contributed by atoms with Gasteiger partial charge >= 0.3 is 0 Å². The summed E-state index contributed by atoms with van der Waals surface area (Å²) in [5.41, 5.74) is -2.27. The first-order valence-corrected chi connectivity index (χ1v) is 26.0. The average molecular weight is 937 g/mol. The molecule has 3 spiro atoms. The molecular formula is C51H56N2O11S2. The molecule has 0 radical (unpaired) electrons. The van der Waals surface area contributed by atoms with Crippen LogP contribution >= 0.6 is 21.6 Å². The summed E-state index contributed by atoms with van der Waals surface area (Å²) in [5, 5.41) is 79.8. The quantitative estimate of drug-likeness (QED) is 0.149. The first-order chi connectivity index (χ1) is 31.9. The Labute approximate surface area is 390 Å². The maximum absolute atomic E-state index is 15.5. The van der Waals surface area contributed by atoms with Crippen molar-refractivity contribution in [3.05, 3.63) is 111 Å². The van der Waals surface area contributed by atoms with Crippen LogP contribution < -0.4 is 15.4 Å². The van der Waals surface area contributed by atoms with E-state index in [1.165, 1.54) is 33.2 Å². The van der Waals surface area contributed by atoms with Gasteiger partial charge in [-0.05, 0) is 121 Å². The average Bonchev–Trinajstić information content (AvgIpc) is 3.80. The van der Waals surface area contributed by atoms with Crippen LogP contribution in [-0.4, -0.2) is 103 Å². The van der Waals surface area contributed by atoms with E-state index in [9.17, 15) is 40.2 Å². The highest BCUT2D eigenvalue weighted by molar-refractivity contribution is 8.76. The minimum atomic E-state index is -2.29. The Balaban J connectivity index is 1.01. The van der Waals surface area contributed by atoms with Crippen LogP contribution in [0, 0.1) is 51.8 Å². The summed E-state index contributed by atoms with van der Waals surface area (Å²) in [5.74, 6) is -2.19. The van der Waals surface area contributed by atoms with Crippen molar-refractivity contribution in [3.8, 4) is 5.75 Å². The summed E-state index contributed by atoms with van der Waals surface area (Å²) in [4.78, 5) is 43.3. The maximum atomic E-state index is 15.5. The van der Waals surface area contributed by atoms with Gasteiger partial charge in [-0.15, -0.1) is 0 Å². The van der Waals surface area contributed by atoms with Crippen LogP contribution in [0.3, 0.4) is 0 Å². The van der Waals surface area contributed by atoms with E-state index in [0.717, 1.165) is 60.9 Å². The molecule has 13 nitrogen and oxygen atoms in total. The Morgan fingerprint density at radius 1 is 0.985 bits per heavy atom. The van der Waals surface area contributed by atoms with Crippen LogP contribution in [0.4, 0.5) is 0 Å². The zero-order chi connectivity index (χ0) is 45.5. The minimum Gasteiger partial charge on any atom is -0.511 e. The van der Waals surface area contributed by atoms with Crippen LogP contribution in [0.25, 0.3) is 0 Å². The zero-order valence-electron chi connectivity index (χ0n) is 36.5. The number of nitrogens with one attached hydrogen (secondary N) is 2. The van der Waals surface area contributed by atoms with E-state index < -0.39 is 70.5 Å². The van der Waals surface area contributed by atoms with Gasteiger partial charge in [-0.25, -0.2) is 0 Å². The number of hydrogen-bond acceptors (Lipinski definition) is 15. The Kier molecular flexibility index (Phi) is 10.0. The number of fused-ring (bicyclic) bond motifs is 2. The van der Waals surface area contributed by atoms with Gasteiger partial charge in [-0.1, -0.05) is 70.5 Å². The van der Waals surface area contributed by atoms with Crippen LogP contribution in [-0.2, 0) is 22.6 Å². The van der Waals surface area contributed by atoms with Crippen LogP contribution in [0.5, 0.6) is 5.75 Å². The molecule has 10 bridgehead atoms. The number of aliphatic hydroxyl groups is 6. The molecule has 66 heavy (non-hydrogen) atoms. The minimum absolute atomic E-state index is 0.0217. The van der Waals surface area contributed by atoms with Gasteiger partial charge in [0.2, 0.25) is 6.29 Å². The van der Waals surface area contributed by atoms with Gasteiger partial charge in [0.05, 0.1) is 36.4 Å². The second-order valence-corrected chi connectivity index (χ2v) is 23.5. The summed E-state index contributed by atoms with van der Waals surface area (Å²) in [6, 6.07) is 12.1. The number of hydrogen-bond donors (Lipinski definition) is 8. The second kappa shape index (κ2) is 15.3. The summed E-state index contributed by atoms with van der Waals surface area (Å²) < 4.78 is 13.2. The SMILES string of the molecule is O=CC1CCCC12CC1CC3CC4CC5(CO)OC6Oc7cccc8c7C(=O)C7(CSSCNC9=CC(=C3CN9)C1(C2)C4C(O)(C6O)C5O)C(O)=CC(Cc1cccc(CO)c1)=CC7C8=O. The number of aldehydes is 1. The molecular weight excluding hydrogens is 881 g/mol. The summed E-state index contributed by atoms with van der Waals surface area (Å²) >= 11 is 0. The second-order valence-electron chi connectivity index (χ2n) is 21.1. The number of benzene rings is 2. The monoisotopic (exact) mass is 936 g/mol. The van der Waals surface area contributed by atoms with Gasteiger partial charge in [-0.3, -0.25) is 9.59 Å². The fourth-order valence-corrected chi connectivity index (χ4v) is 17.9. The van der Waals surface area contributed by atoms with Crippen molar-refractivity contribution in [2.75, 3.05) is 24.8 Å². The van der Waals surface area contributed by atoms with E-state index in [-0.39, 0.29) is 70.5 Å². The van der Waals surface area contributed by atoms with Crippen molar-refractivity contribution in [1.29, 1.82) is 0 Å². The van der Waals surface area contributed by atoms with E-state index in [1.54, 1.807) is 24.3 Å². The van der Waals surface area contributed by atoms with Crippen molar-refractivity contribution in [1.82, 2.24) is 10.6 Å². The third-order valence-corrected chi connectivity index (χ3v) is 20.5. The third-order valence-electron chi connectivity index (χ3n) is 18.3. The first-order valence-electron chi connectivity index (χ1n) is 23.5. The van der Waals surface area contributed by atoms with Crippen molar-refractivity contribution in [3.63, 3.8) is 0 Å². The van der Waals surface area contributed by atoms with Gasteiger partial charge in [0.25, 0.3) is 0 Å². The molecule has 5 fully saturated rings. The molecule has 4 saturated carbocycles. The molecule has 2 aromatic rings. The first kappa shape index (κ1) is 43.4. The molecule has 0 aromatic heterocycles. The molecule has 14 unspecified atom stereocenters. The molecule has 1 saturated heterocycles. The van der Waals surface area contributed by atoms with Crippen LogP contribution in [0.1, 0.15) is 83.2 Å². The van der Waals surface area contributed by atoms with E-state index in [2.05, 4.69) is 16.7 Å². The van der Waals surface area contributed by atoms with E-state index >= 15 is 4.79 Å². The molecule has 8 N–H and O–H groups in total. The molecule has 11 aliphatic rings. The summed E-state index contributed by atoms with van der Waals surface area (Å²) in [6.07, 6.45) is 7.34. The Morgan fingerprint density at radius 3 is 2.64 bits per heavy atom. The molecule has 0 amide bonds. The number of ether oxygens (including phenoxy) is 2. The Bertz CT molecular complexity index is 2580. The number of carbonyl (C=O) groups is 3. The zero-order valence-corrected chi connectivity index (χ0v) is 38.1. The van der Waals surface area contributed by atoms with Gasteiger partial charge in [-0.2, -0.15) is 0 Å². The van der Waals surface area contributed by atoms with Gasteiger partial charge in [0, 0.05) is 35.1 Å². The van der Waals surface area contributed by atoms with Crippen molar-refractivity contribution >= 4 is 39.4 Å². The molecule has 8 aliphatic carbocycles. The fraction of sp³-hybridized carbons (Fsp3) is 0.549. The standard InChI is InChI=1S/C51H56N2O11S2/c54-20-27-5-1-4-26(10-27)11-28-12-36-41(58)33-7-2-8-37-40(33)43(59)50(36,38(57)13-28)24-65-66-25-53-39-16-35-34(19-52-39)29-14-30-17-48(23-56)46(61)51(62,44(60)45(63-37)64-48)42(30)49(35)22-47(18-32(49)15-29)9-3-6-31(47)21-55/h1-2,4-5,7-8,10,12-13,16,21,29-32,36,42,44-46,52-54,56-57,60-62H,3,6,9,11,14-15,17-20,22-25H2. The molecule has 3 heterocycles. The Morgan fingerprint density at radius 2 is 1.82 bits per heavy atom. The van der Waals surface area contributed by atoms with E-state index in [1.807, 2.05) is 24.3 Å². The van der Waals surface area contributed by atoms with Gasteiger partial charge in [0.1, 0.15) is 46.6 Å². The highest BCUT2D eigenvalue weighted by Crippen LogP contribution is 2.77. The number of ketones is 2. The number of carbonyl (C=O) groups excluding carboxylic acids is 3.